The molecule has 5 nitrogen and oxygen atoms in total. The molecule has 2 rings (SSSR count). The second-order valence-corrected chi connectivity index (χ2v) is 4.63. The van der Waals surface area contributed by atoms with Crippen LogP contribution >= 0.6 is 23.2 Å². The third-order valence-electron chi connectivity index (χ3n) is 2.45. The summed E-state index contributed by atoms with van der Waals surface area (Å²) in [4.78, 5) is 11.9. The lowest BCUT2D eigenvalue weighted by Gasteiger charge is -2.06. The first-order chi connectivity index (χ1) is 8.90. The molecule has 0 radical (unpaired) electrons. The van der Waals surface area contributed by atoms with Crippen LogP contribution in [0.15, 0.2) is 12.1 Å². The van der Waals surface area contributed by atoms with Crippen molar-refractivity contribution >= 4 is 40.5 Å². The van der Waals surface area contributed by atoms with E-state index in [1.807, 2.05) is 0 Å². The Balaban J connectivity index is 2.27. The van der Waals surface area contributed by atoms with Gasteiger partial charge in [0.2, 0.25) is 0 Å². The maximum absolute atomic E-state index is 13.2. The lowest BCUT2D eigenvalue weighted by Crippen LogP contribution is -2.14. The molecule has 4 N–H and O–H groups in total. The number of aromatic nitrogens is 2. The highest BCUT2D eigenvalue weighted by atomic mass is 35.5. The average molecular weight is 303 g/mol. The first kappa shape index (κ1) is 13.6. The third kappa shape index (κ3) is 2.64. The van der Waals surface area contributed by atoms with Gasteiger partial charge >= 0.3 is 0 Å². The van der Waals surface area contributed by atoms with Crippen molar-refractivity contribution in [3.63, 3.8) is 0 Å². The van der Waals surface area contributed by atoms with Gasteiger partial charge in [0, 0.05) is 5.69 Å². The lowest BCUT2D eigenvalue weighted by molar-refractivity contribution is 0.102. The van der Waals surface area contributed by atoms with Gasteiger partial charge in [-0.05, 0) is 19.1 Å². The maximum atomic E-state index is 13.2. The number of aromatic amines is 1. The van der Waals surface area contributed by atoms with Gasteiger partial charge < -0.3 is 11.1 Å². The van der Waals surface area contributed by atoms with Crippen LogP contribution in [0.4, 0.5) is 15.8 Å². The van der Waals surface area contributed by atoms with Crippen molar-refractivity contribution in [2.75, 3.05) is 11.1 Å². The molecule has 0 saturated heterocycles. The fourth-order valence-corrected chi connectivity index (χ4v) is 1.92. The number of nitrogens with one attached hydrogen (secondary N) is 2. The number of amides is 1. The van der Waals surface area contributed by atoms with Crippen molar-refractivity contribution in [1.29, 1.82) is 0 Å². The molecule has 2 aromatic rings. The fraction of sp³-hybridized carbons (Fsp3) is 0.0909. The molecule has 0 aliphatic heterocycles. The molecule has 0 aliphatic rings. The van der Waals surface area contributed by atoms with E-state index in [-0.39, 0.29) is 27.1 Å². The predicted octanol–water partition coefficient (Wildman–Crippen LogP) is 3.00. The molecular weight excluding hydrogens is 294 g/mol. The Bertz CT molecular complexity index is 633. The smallest absolute Gasteiger partial charge is 0.278 e. The molecule has 0 atom stereocenters. The van der Waals surface area contributed by atoms with Crippen molar-refractivity contribution in [2.45, 2.75) is 6.92 Å². The largest absolute Gasteiger partial charge is 0.395 e. The Labute approximate surface area is 117 Å². The molecule has 19 heavy (non-hydrogen) atoms. The number of hydrogen-bond donors (Lipinski definition) is 3. The number of carbonyl (C=O) groups excluding carboxylic acids is 1. The van der Waals surface area contributed by atoms with E-state index in [0.717, 1.165) is 0 Å². The minimum atomic E-state index is -0.739. The van der Waals surface area contributed by atoms with Gasteiger partial charge in [-0.1, -0.05) is 23.2 Å². The summed E-state index contributed by atoms with van der Waals surface area (Å²) in [6.45, 7) is 1.69. The van der Waals surface area contributed by atoms with Crippen LogP contribution in [0, 0.1) is 12.7 Å². The number of nitrogen functional groups attached to an aromatic ring is 1. The number of rotatable bonds is 2. The number of aryl methyl sites for hydroxylation is 1. The topological polar surface area (TPSA) is 83.8 Å². The van der Waals surface area contributed by atoms with Crippen LogP contribution in [0.25, 0.3) is 0 Å². The number of nitrogens with zero attached hydrogens (tertiary/aromatic N) is 1. The van der Waals surface area contributed by atoms with Crippen molar-refractivity contribution in [3.05, 3.63) is 39.4 Å². The molecule has 0 aliphatic carbocycles. The number of anilines is 2. The maximum Gasteiger partial charge on any atom is 0.278 e. The van der Waals surface area contributed by atoms with E-state index in [1.165, 1.54) is 12.1 Å². The molecule has 1 amide bonds. The SMILES string of the molecule is Cc1[nH]nc(C(=O)Nc2cc(Cl)c(F)c(Cl)c2)c1N. The first-order valence-corrected chi connectivity index (χ1v) is 5.92. The number of halogens is 3. The zero-order valence-corrected chi connectivity index (χ0v) is 11.2. The Hall–Kier alpha value is -1.79. The van der Waals surface area contributed by atoms with Crippen molar-refractivity contribution < 1.29 is 9.18 Å². The number of nitrogens with two attached hydrogens (primary N) is 1. The Morgan fingerprint density at radius 1 is 1.42 bits per heavy atom. The number of carbonyl (C=O) groups is 1. The lowest BCUT2D eigenvalue weighted by atomic mass is 10.2. The summed E-state index contributed by atoms with van der Waals surface area (Å²) in [5.41, 5.74) is 6.81. The highest BCUT2D eigenvalue weighted by Gasteiger charge is 2.16. The van der Waals surface area contributed by atoms with Crippen LogP contribution in [0.2, 0.25) is 10.0 Å². The molecular formula is C11H9Cl2FN4O. The second kappa shape index (κ2) is 5.07. The summed E-state index contributed by atoms with van der Waals surface area (Å²) in [5.74, 6) is -1.28. The van der Waals surface area contributed by atoms with E-state index in [0.29, 0.717) is 5.69 Å². The minimum Gasteiger partial charge on any atom is -0.395 e. The van der Waals surface area contributed by atoms with Crippen LogP contribution < -0.4 is 11.1 Å². The molecule has 100 valence electrons. The van der Waals surface area contributed by atoms with Crippen LogP contribution in [-0.4, -0.2) is 16.1 Å². The average Bonchev–Trinajstić information content (AvgIpc) is 2.67. The van der Waals surface area contributed by atoms with E-state index in [4.69, 9.17) is 28.9 Å². The summed E-state index contributed by atoms with van der Waals surface area (Å²) < 4.78 is 13.2. The van der Waals surface area contributed by atoms with Gasteiger partial charge in [-0.3, -0.25) is 9.89 Å². The summed E-state index contributed by atoms with van der Waals surface area (Å²) in [7, 11) is 0. The molecule has 1 heterocycles. The van der Waals surface area contributed by atoms with Crippen LogP contribution in [-0.2, 0) is 0 Å². The molecule has 1 aromatic carbocycles. The van der Waals surface area contributed by atoms with Gasteiger partial charge in [0.15, 0.2) is 11.5 Å². The molecule has 0 bridgehead atoms. The monoisotopic (exact) mass is 302 g/mol. The molecule has 1 aromatic heterocycles. The number of hydrogen-bond acceptors (Lipinski definition) is 3. The van der Waals surface area contributed by atoms with Gasteiger partial charge in [0.25, 0.3) is 5.91 Å². The summed E-state index contributed by atoms with van der Waals surface area (Å²) in [6.07, 6.45) is 0. The van der Waals surface area contributed by atoms with Gasteiger partial charge in [-0.25, -0.2) is 4.39 Å². The summed E-state index contributed by atoms with van der Waals surface area (Å²) >= 11 is 11.3. The molecule has 0 saturated carbocycles. The van der Waals surface area contributed by atoms with Gasteiger partial charge in [0.1, 0.15) is 0 Å². The standard InChI is InChI=1S/C11H9Cl2FN4O/c1-4-9(15)10(18-17-4)11(19)16-5-2-6(12)8(14)7(13)3-5/h2-3H,15H2,1H3,(H,16,19)(H,17,18). The number of H-pyrrole nitrogens is 1. The zero-order valence-electron chi connectivity index (χ0n) is 9.72. The van der Waals surface area contributed by atoms with Crippen LogP contribution in [0.3, 0.4) is 0 Å². The van der Waals surface area contributed by atoms with E-state index < -0.39 is 11.7 Å². The number of benzene rings is 1. The van der Waals surface area contributed by atoms with Crippen molar-refractivity contribution in [1.82, 2.24) is 10.2 Å². The highest BCUT2D eigenvalue weighted by Crippen LogP contribution is 2.27. The van der Waals surface area contributed by atoms with Gasteiger partial charge in [-0.2, -0.15) is 5.10 Å². The van der Waals surface area contributed by atoms with E-state index >= 15 is 0 Å². The molecule has 8 heteroatoms. The zero-order chi connectivity index (χ0) is 14.2. The van der Waals surface area contributed by atoms with Crippen molar-refractivity contribution in [3.8, 4) is 0 Å². The molecule has 0 spiro atoms. The minimum absolute atomic E-state index is 0.0501. The normalized spacial score (nSPS) is 10.5. The van der Waals surface area contributed by atoms with E-state index in [1.54, 1.807) is 6.92 Å². The predicted molar refractivity (Wildman–Crippen MR) is 72.1 cm³/mol. The molecule has 0 fully saturated rings. The van der Waals surface area contributed by atoms with E-state index in [2.05, 4.69) is 15.5 Å². The van der Waals surface area contributed by atoms with E-state index in [9.17, 15) is 9.18 Å². The third-order valence-corrected chi connectivity index (χ3v) is 3.00. The van der Waals surface area contributed by atoms with Gasteiger partial charge in [-0.15, -0.1) is 0 Å². The highest BCUT2D eigenvalue weighted by molar-refractivity contribution is 6.35. The van der Waals surface area contributed by atoms with Crippen molar-refractivity contribution in [2.24, 2.45) is 0 Å². The van der Waals surface area contributed by atoms with Crippen LogP contribution in [0.1, 0.15) is 16.2 Å². The fourth-order valence-electron chi connectivity index (χ4n) is 1.43. The summed E-state index contributed by atoms with van der Waals surface area (Å²) in [5, 5.41) is 8.47. The quantitative estimate of drug-likeness (QED) is 0.746. The Morgan fingerprint density at radius 3 is 2.47 bits per heavy atom. The first-order valence-electron chi connectivity index (χ1n) is 5.16. The van der Waals surface area contributed by atoms with Crippen LogP contribution in [0.5, 0.6) is 0 Å². The summed E-state index contributed by atoms with van der Waals surface area (Å²) in [6, 6.07) is 2.49. The van der Waals surface area contributed by atoms with Gasteiger partial charge in [0.05, 0.1) is 21.4 Å². The second-order valence-electron chi connectivity index (χ2n) is 3.82. The Kier molecular flexibility index (Phi) is 3.64. The molecule has 0 unspecified atom stereocenters. The Morgan fingerprint density at radius 2 is 2.00 bits per heavy atom.